The minimum absolute atomic E-state index is 0.0140. The van der Waals surface area contributed by atoms with E-state index in [4.69, 9.17) is 5.73 Å². The van der Waals surface area contributed by atoms with Crippen LogP contribution in [0.15, 0.2) is 42.5 Å². The van der Waals surface area contributed by atoms with Crippen molar-refractivity contribution in [3.05, 3.63) is 65.0 Å². The molecule has 1 heterocycles. The summed E-state index contributed by atoms with van der Waals surface area (Å²) in [6.45, 7) is 2.87. The van der Waals surface area contributed by atoms with Crippen LogP contribution >= 0.6 is 0 Å². The molecule has 0 amide bonds. The van der Waals surface area contributed by atoms with Gasteiger partial charge in [-0.25, -0.2) is 4.39 Å². The van der Waals surface area contributed by atoms with Crippen molar-refractivity contribution >= 4 is 11.5 Å². The van der Waals surface area contributed by atoms with Crippen LogP contribution < -0.4 is 5.73 Å². The molecule has 0 aliphatic carbocycles. The van der Waals surface area contributed by atoms with Gasteiger partial charge in [-0.3, -0.25) is 9.69 Å². The predicted octanol–water partition coefficient (Wildman–Crippen LogP) is 3.43. The molecule has 0 saturated heterocycles. The lowest BCUT2D eigenvalue weighted by Gasteiger charge is -2.28. The molecule has 1 aliphatic heterocycles. The predicted molar refractivity (Wildman–Crippen MR) is 89.8 cm³/mol. The zero-order chi connectivity index (χ0) is 16.2. The summed E-state index contributed by atoms with van der Waals surface area (Å²) in [7, 11) is 0. The summed E-state index contributed by atoms with van der Waals surface area (Å²) in [4.78, 5) is 14.6. The Hall–Kier alpha value is -2.20. The summed E-state index contributed by atoms with van der Waals surface area (Å²) in [5.41, 5.74) is 9.18. The van der Waals surface area contributed by atoms with E-state index in [-0.39, 0.29) is 11.5 Å². The minimum atomic E-state index is -0.411. The smallest absolute Gasteiger partial charge is 0.164 e. The fourth-order valence-corrected chi connectivity index (χ4v) is 3.13. The third-order valence-corrected chi connectivity index (χ3v) is 4.40. The van der Waals surface area contributed by atoms with E-state index < -0.39 is 5.82 Å². The normalized spacial score (nSPS) is 14.5. The van der Waals surface area contributed by atoms with Crippen LogP contribution in [0.2, 0.25) is 0 Å². The molecule has 0 radical (unpaired) electrons. The standard InChI is InChI=1S/C19H21FN2O/c20-16-7-8-17(18(21)12-16)19(23)6-3-10-22-11-9-14-4-1-2-5-15(14)13-22/h1-2,4-5,7-8,12H,3,6,9-11,13,21H2. The lowest BCUT2D eigenvalue weighted by molar-refractivity contribution is 0.0974. The number of carbonyl (C=O) groups is 1. The number of nitrogens with zero attached hydrogens (tertiary/aromatic N) is 1. The van der Waals surface area contributed by atoms with Crippen molar-refractivity contribution in [2.75, 3.05) is 18.8 Å². The Morgan fingerprint density at radius 3 is 2.74 bits per heavy atom. The van der Waals surface area contributed by atoms with Gasteiger partial charge in [0, 0.05) is 30.8 Å². The number of ketones is 1. The van der Waals surface area contributed by atoms with E-state index in [1.807, 2.05) is 0 Å². The number of halogens is 1. The number of carbonyl (C=O) groups excluding carboxylic acids is 1. The number of hydrogen-bond donors (Lipinski definition) is 1. The quantitative estimate of drug-likeness (QED) is 0.679. The maximum Gasteiger partial charge on any atom is 0.164 e. The fraction of sp³-hybridized carbons (Fsp3) is 0.316. The number of fused-ring (bicyclic) bond motifs is 1. The molecule has 0 spiro atoms. The second kappa shape index (κ2) is 6.92. The molecule has 120 valence electrons. The topological polar surface area (TPSA) is 46.3 Å². The van der Waals surface area contributed by atoms with Crippen molar-refractivity contribution in [3.8, 4) is 0 Å². The number of benzene rings is 2. The van der Waals surface area contributed by atoms with Crippen LogP contribution in [0.4, 0.5) is 10.1 Å². The number of hydrogen-bond acceptors (Lipinski definition) is 3. The van der Waals surface area contributed by atoms with Crippen molar-refractivity contribution < 1.29 is 9.18 Å². The molecule has 4 heteroatoms. The van der Waals surface area contributed by atoms with Crippen LogP contribution in [0, 0.1) is 5.82 Å². The van der Waals surface area contributed by atoms with Crippen molar-refractivity contribution in [1.82, 2.24) is 4.90 Å². The van der Waals surface area contributed by atoms with Gasteiger partial charge in [-0.2, -0.15) is 0 Å². The second-order valence-corrected chi connectivity index (χ2v) is 6.05. The van der Waals surface area contributed by atoms with Crippen LogP contribution in [0.1, 0.15) is 34.3 Å². The maximum absolute atomic E-state index is 13.0. The molecular formula is C19H21FN2O. The summed E-state index contributed by atoms with van der Waals surface area (Å²) in [6.07, 6.45) is 2.29. The molecule has 23 heavy (non-hydrogen) atoms. The second-order valence-electron chi connectivity index (χ2n) is 6.05. The molecule has 0 atom stereocenters. The van der Waals surface area contributed by atoms with Crippen LogP contribution in [0.25, 0.3) is 0 Å². The van der Waals surface area contributed by atoms with Crippen LogP contribution in [0.3, 0.4) is 0 Å². The average Bonchev–Trinajstić information content (AvgIpc) is 2.54. The van der Waals surface area contributed by atoms with E-state index in [0.717, 1.165) is 32.5 Å². The van der Waals surface area contributed by atoms with Crippen molar-refractivity contribution in [2.24, 2.45) is 0 Å². The molecule has 3 nitrogen and oxygen atoms in total. The Labute approximate surface area is 135 Å². The highest BCUT2D eigenvalue weighted by Gasteiger charge is 2.16. The van der Waals surface area contributed by atoms with Gasteiger partial charge in [-0.15, -0.1) is 0 Å². The van der Waals surface area contributed by atoms with E-state index >= 15 is 0 Å². The molecule has 0 aromatic heterocycles. The number of nitrogens with two attached hydrogens (primary N) is 1. The van der Waals surface area contributed by atoms with Gasteiger partial charge in [0.2, 0.25) is 0 Å². The van der Waals surface area contributed by atoms with Crippen LogP contribution in [0.5, 0.6) is 0 Å². The first kappa shape index (κ1) is 15.7. The Kier molecular flexibility index (Phi) is 4.72. The minimum Gasteiger partial charge on any atom is -0.398 e. The highest BCUT2D eigenvalue weighted by atomic mass is 19.1. The third-order valence-electron chi connectivity index (χ3n) is 4.40. The molecule has 2 N–H and O–H groups in total. The van der Waals surface area contributed by atoms with E-state index in [1.54, 1.807) is 0 Å². The molecule has 0 fully saturated rings. The molecular weight excluding hydrogens is 291 g/mol. The highest BCUT2D eigenvalue weighted by Crippen LogP contribution is 2.20. The van der Waals surface area contributed by atoms with Gasteiger partial charge in [0.15, 0.2) is 5.78 Å². The molecule has 2 aromatic carbocycles. The van der Waals surface area contributed by atoms with Gasteiger partial charge >= 0.3 is 0 Å². The number of anilines is 1. The molecule has 3 rings (SSSR count). The average molecular weight is 312 g/mol. The van der Waals surface area contributed by atoms with Crippen molar-refractivity contribution in [1.29, 1.82) is 0 Å². The Morgan fingerprint density at radius 2 is 1.96 bits per heavy atom. The highest BCUT2D eigenvalue weighted by molar-refractivity contribution is 6.00. The zero-order valence-electron chi connectivity index (χ0n) is 13.1. The number of Topliss-reactive ketones (excluding diaryl/α,β-unsaturated/α-hetero) is 1. The third kappa shape index (κ3) is 3.77. The summed E-state index contributed by atoms with van der Waals surface area (Å²) < 4.78 is 13.0. The SMILES string of the molecule is Nc1cc(F)ccc1C(=O)CCCN1CCc2ccccc2C1. The number of nitrogen functional groups attached to an aromatic ring is 1. The Bertz CT molecular complexity index is 714. The van der Waals surface area contributed by atoms with Crippen LogP contribution in [-0.4, -0.2) is 23.8 Å². The molecule has 2 aromatic rings. The first-order chi connectivity index (χ1) is 11.1. The summed E-state index contributed by atoms with van der Waals surface area (Å²) in [5, 5.41) is 0. The summed E-state index contributed by atoms with van der Waals surface area (Å²) >= 11 is 0. The molecule has 0 unspecified atom stereocenters. The van der Waals surface area contributed by atoms with E-state index in [2.05, 4.69) is 29.2 Å². The summed E-state index contributed by atoms with van der Waals surface area (Å²) in [6, 6.07) is 12.5. The molecule has 1 aliphatic rings. The monoisotopic (exact) mass is 312 g/mol. The van der Waals surface area contributed by atoms with Gasteiger partial charge in [0.05, 0.1) is 0 Å². The van der Waals surface area contributed by atoms with Crippen molar-refractivity contribution in [3.63, 3.8) is 0 Å². The number of rotatable bonds is 5. The van der Waals surface area contributed by atoms with Crippen molar-refractivity contribution in [2.45, 2.75) is 25.8 Å². The first-order valence-electron chi connectivity index (χ1n) is 8.01. The Morgan fingerprint density at radius 1 is 1.17 bits per heavy atom. The van der Waals surface area contributed by atoms with Gasteiger partial charge in [0.25, 0.3) is 0 Å². The molecule has 0 bridgehead atoms. The summed E-state index contributed by atoms with van der Waals surface area (Å²) in [5.74, 6) is -0.425. The van der Waals surface area contributed by atoms with Gasteiger partial charge in [-0.1, -0.05) is 24.3 Å². The fourth-order valence-electron chi connectivity index (χ4n) is 3.13. The lowest BCUT2D eigenvalue weighted by Crippen LogP contribution is -2.31. The van der Waals surface area contributed by atoms with Gasteiger partial charge in [0.1, 0.15) is 5.82 Å². The maximum atomic E-state index is 13.0. The molecule has 0 saturated carbocycles. The van der Waals surface area contributed by atoms with E-state index in [1.165, 1.54) is 29.3 Å². The lowest BCUT2D eigenvalue weighted by atomic mass is 9.99. The largest absolute Gasteiger partial charge is 0.398 e. The van der Waals surface area contributed by atoms with Gasteiger partial charge in [-0.05, 0) is 48.7 Å². The van der Waals surface area contributed by atoms with E-state index in [9.17, 15) is 9.18 Å². The Balaban J connectivity index is 1.51. The zero-order valence-corrected chi connectivity index (χ0v) is 13.1. The van der Waals surface area contributed by atoms with Gasteiger partial charge < -0.3 is 5.73 Å². The van der Waals surface area contributed by atoms with E-state index in [0.29, 0.717) is 12.0 Å². The van der Waals surface area contributed by atoms with Crippen LogP contribution in [-0.2, 0) is 13.0 Å². The first-order valence-corrected chi connectivity index (χ1v) is 8.01.